The van der Waals surface area contributed by atoms with Crippen molar-refractivity contribution in [3.63, 3.8) is 0 Å². The summed E-state index contributed by atoms with van der Waals surface area (Å²) >= 11 is 0. The van der Waals surface area contributed by atoms with Crippen LogP contribution in [0.15, 0.2) is 65.1 Å². The number of hydrogen-bond donors (Lipinski definition) is 0. The lowest BCUT2D eigenvalue weighted by Crippen LogP contribution is -2.51. The lowest BCUT2D eigenvalue weighted by Gasteiger charge is -2.38. The molecular formula is C25H29N5O2. The van der Waals surface area contributed by atoms with Gasteiger partial charge in [-0.1, -0.05) is 53.6 Å². The van der Waals surface area contributed by atoms with E-state index < -0.39 is 0 Å². The molecule has 0 atom stereocenters. The van der Waals surface area contributed by atoms with Gasteiger partial charge < -0.3 is 14.2 Å². The third kappa shape index (κ3) is 4.67. The number of nitrogens with zero attached hydrogens (tertiary/aromatic N) is 5. The maximum atomic E-state index is 13.1. The first kappa shape index (κ1) is 20.7. The van der Waals surface area contributed by atoms with E-state index in [0.717, 1.165) is 64.2 Å². The number of aromatic nitrogens is 2. The third-order valence-corrected chi connectivity index (χ3v) is 6.48. The molecule has 2 aliphatic heterocycles. The number of amides is 1. The number of anilines is 1. The van der Waals surface area contributed by atoms with Gasteiger partial charge in [-0.25, -0.2) is 0 Å². The molecule has 3 heterocycles. The summed E-state index contributed by atoms with van der Waals surface area (Å²) in [6.07, 6.45) is 1.65. The second-order valence-corrected chi connectivity index (χ2v) is 8.60. The number of piperidine rings is 1. The van der Waals surface area contributed by atoms with Crippen molar-refractivity contribution in [1.82, 2.24) is 20.0 Å². The van der Waals surface area contributed by atoms with E-state index in [1.165, 1.54) is 5.56 Å². The van der Waals surface area contributed by atoms with Crippen molar-refractivity contribution < 1.29 is 9.21 Å². The maximum absolute atomic E-state index is 13.1. The number of carbonyl (C=O) groups excluding carboxylic acids is 1. The molecule has 5 rings (SSSR count). The van der Waals surface area contributed by atoms with Crippen LogP contribution in [-0.2, 0) is 11.3 Å². The number of piperazine rings is 1. The van der Waals surface area contributed by atoms with Gasteiger partial charge in [-0.15, -0.1) is 5.10 Å². The molecule has 0 spiro atoms. The minimum atomic E-state index is 0.0865. The molecule has 0 saturated carbocycles. The van der Waals surface area contributed by atoms with E-state index >= 15 is 0 Å². The Bertz CT molecular complexity index is 1010. The summed E-state index contributed by atoms with van der Waals surface area (Å²) in [5.74, 6) is 0.926. The van der Waals surface area contributed by atoms with Crippen molar-refractivity contribution in [3.05, 3.63) is 66.2 Å². The van der Waals surface area contributed by atoms with Crippen LogP contribution < -0.4 is 4.90 Å². The van der Waals surface area contributed by atoms with Crippen LogP contribution in [0.25, 0.3) is 11.5 Å². The molecule has 2 aliphatic rings. The zero-order valence-corrected chi connectivity index (χ0v) is 18.3. The average molecular weight is 432 g/mol. The smallest absolute Gasteiger partial charge is 0.318 e. The molecule has 2 aromatic carbocycles. The van der Waals surface area contributed by atoms with Crippen LogP contribution in [0.2, 0.25) is 0 Å². The van der Waals surface area contributed by atoms with Crippen molar-refractivity contribution in [3.8, 4) is 11.5 Å². The Kier molecular flexibility index (Phi) is 6.16. The van der Waals surface area contributed by atoms with Crippen molar-refractivity contribution in [1.29, 1.82) is 0 Å². The van der Waals surface area contributed by atoms with Gasteiger partial charge in [-0.3, -0.25) is 9.69 Å². The summed E-state index contributed by atoms with van der Waals surface area (Å²) in [5.41, 5.74) is 2.25. The Labute approximate surface area is 188 Å². The first-order valence-corrected chi connectivity index (χ1v) is 11.5. The first-order valence-electron chi connectivity index (χ1n) is 11.5. The van der Waals surface area contributed by atoms with Crippen molar-refractivity contribution in [2.45, 2.75) is 19.4 Å². The Hall–Kier alpha value is -3.19. The monoisotopic (exact) mass is 431 g/mol. The van der Waals surface area contributed by atoms with Gasteiger partial charge in [0, 0.05) is 57.3 Å². The highest BCUT2D eigenvalue weighted by atomic mass is 16.4. The third-order valence-electron chi connectivity index (χ3n) is 6.48. The number of benzene rings is 2. The van der Waals surface area contributed by atoms with E-state index in [4.69, 9.17) is 4.42 Å². The number of hydrogen-bond acceptors (Lipinski definition) is 6. The fourth-order valence-corrected chi connectivity index (χ4v) is 4.58. The SMILES string of the molecule is O=C(C1CCN(c2nnc(-c3ccccc3)o2)CC1)N1CCN(Cc2ccccc2)CC1. The highest BCUT2D eigenvalue weighted by Crippen LogP contribution is 2.27. The highest BCUT2D eigenvalue weighted by Gasteiger charge is 2.31. The van der Waals surface area contributed by atoms with Gasteiger partial charge >= 0.3 is 6.01 Å². The number of carbonyl (C=O) groups is 1. The first-order chi connectivity index (χ1) is 15.8. The van der Waals surface area contributed by atoms with E-state index in [2.05, 4.69) is 49.2 Å². The molecule has 2 fully saturated rings. The highest BCUT2D eigenvalue weighted by molar-refractivity contribution is 5.79. The molecule has 2 saturated heterocycles. The van der Waals surface area contributed by atoms with E-state index in [-0.39, 0.29) is 5.92 Å². The van der Waals surface area contributed by atoms with E-state index in [9.17, 15) is 4.79 Å². The summed E-state index contributed by atoms with van der Waals surface area (Å²) in [4.78, 5) is 19.7. The molecular weight excluding hydrogens is 402 g/mol. The van der Waals surface area contributed by atoms with Crippen molar-refractivity contribution >= 4 is 11.9 Å². The fraction of sp³-hybridized carbons (Fsp3) is 0.400. The van der Waals surface area contributed by atoms with Crippen LogP contribution in [0.4, 0.5) is 6.01 Å². The molecule has 0 unspecified atom stereocenters. The normalized spacial score (nSPS) is 18.1. The molecule has 0 N–H and O–H groups in total. The summed E-state index contributed by atoms with van der Waals surface area (Å²) in [6.45, 7) is 5.98. The van der Waals surface area contributed by atoms with Crippen LogP contribution in [-0.4, -0.2) is 65.2 Å². The molecule has 32 heavy (non-hydrogen) atoms. The Morgan fingerprint density at radius 1 is 0.844 bits per heavy atom. The molecule has 7 nitrogen and oxygen atoms in total. The topological polar surface area (TPSA) is 65.7 Å². The number of rotatable bonds is 5. The lowest BCUT2D eigenvalue weighted by atomic mass is 9.95. The summed E-state index contributed by atoms with van der Waals surface area (Å²) in [7, 11) is 0. The molecule has 0 aliphatic carbocycles. The summed E-state index contributed by atoms with van der Waals surface area (Å²) < 4.78 is 5.88. The largest absolute Gasteiger partial charge is 0.403 e. The molecule has 166 valence electrons. The van der Waals surface area contributed by atoms with Gasteiger partial charge in [-0.2, -0.15) is 0 Å². The average Bonchev–Trinajstić information content (AvgIpc) is 3.36. The van der Waals surface area contributed by atoms with E-state index in [0.29, 0.717) is 17.8 Å². The molecule has 7 heteroatoms. The van der Waals surface area contributed by atoms with Gasteiger partial charge in [0.1, 0.15) is 0 Å². The Balaban J connectivity index is 1.10. The fourth-order valence-electron chi connectivity index (χ4n) is 4.58. The van der Waals surface area contributed by atoms with Gasteiger partial charge in [-0.05, 0) is 30.5 Å². The van der Waals surface area contributed by atoms with Crippen LogP contribution in [0.3, 0.4) is 0 Å². The van der Waals surface area contributed by atoms with Crippen LogP contribution >= 0.6 is 0 Å². The second kappa shape index (κ2) is 9.53. The quantitative estimate of drug-likeness (QED) is 0.618. The lowest BCUT2D eigenvalue weighted by molar-refractivity contribution is -0.138. The maximum Gasteiger partial charge on any atom is 0.318 e. The van der Waals surface area contributed by atoms with Gasteiger partial charge in [0.15, 0.2) is 0 Å². The zero-order valence-electron chi connectivity index (χ0n) is 18.3. The molecule has 0 bridgehead atoms. The van der Waals surface area contributed by atoms with E-state index in [1.54, 1.807) is 0 Å². The van der Waals surface area contributed by atoms with Crippen LogP contribution in [0.5, 0.6) is 0 Å². The van der Waals surface area contributed by atoms with Crippen LogP contribution in [0.1, 0.15) is 18.4 Å². The predicted molar refractivity (Wildman–Crippen MR) is 123 cm³/mol. The Morgan fingerprint density at radius 3 is 2.19 bits per heavy atom. The van der Waals surface area contributed by atoms with Crippen molar-refractivity contribution in [2.75, 3.05) is 44.2 Å². The van der Waals surface area contributed by atoms with Gasteiger partial charge in [0.25, 0.3) is 0 Å². The summed E-state index contributed by atoms with van der Waals surface area (Å²) in [5, 5.41) is 8.42. The minimum absolute atomic E-state index is 0.0865. The molecule has 1 amide bonds. The van der Waals surface area contributed by atoms with Crippen molar-refractivity contribution in [2.24, 2.45) is 5.92 Å². The Morgan fingerprint density at radius 2 is 1.50 bits per heavy atom. The molecule has 3 aromatic rings. The summed E-state index contributed by atoms with van der Waals surface area (Å²) in [6, 6.07) is 20.9. The standard InChI is InChI=1S/C25H29N5O2/c31-24(29-17-15-28(16-18-29)19-20-7-3-1-4-8-20)22-11-13-30(14-12-22)25-27-26-23(32-25)21-9-5-2-6-10-21/h1-10,22H,11-19H2. The minimum Gasteiger partial charge on any atom is -0.403 e. The molecule has 0 radical (unpaired) electrons. The second-order valence-electron chi connectivity index (χ2n) is 8.60. The zero-order chi connectivity index (χ0) is 21.8. The van der Waals surface area contributed by atoms with Crippen LogP contribution in [0, 0.1) is 5.92 Å². The van der Waals surface area contributed by atoms with E-state index in [1.807, 2.05) is 36.4 Å². The van der Waals surface area contributed by atoms with Gasteiger partial charge in [0.05, 0.1) is 0 Å². The molecule has 1 aromatic heterocycles. The predicted octanol–water partition coefficient (Wildman–Crippen LogP) is 3.30. The van der Waals surface area contributed by atoms with Gasteiger partial charge in [0.2, 0.25) is 11.8 Å².